The number of pyridine rings is 1. The van der Waals surface area contributed by atoms with Gasteiger partial charge in [0, 0.05) is 24.7 Å². The minimum Gasteiger partial charge on any atom is -0.481 e. The third-order valence-corrected chi connectivity index (χ3v) is 8.03. The van der Waals surface area contributed by atoms with Gasteiger partial charge in [0.1, 0.15) is 11.4 Å². The fourth-order valence-electron chi connectivity index (χ4n) is 5.11. The molecule has 0 radical (unpaired) electrons. The van der Waals surface area contributed by atoms with Gasteiger partial charge in [0.05, 0.1) is 59.5 Å². The molecule has 9 nitrogen and oxygen atoms in total. The van der Waals surface area contributed by atoms with Crippen LogP contribution >= 0.6 is 23.2 Å². The maximum atomic E-state index is 14.6. The third kappa shape index (κ3) is 6.93. The van der Waals surface area contributed by atoms with Gasteiger partial charge in [-0.15, -0.1) is 0 Å². The van der Waals surface area contributed by atoms with E-state index in [0.29, 0.717) is 38.2 Å². The Morgan fingerprint density at radius 1 is 1.02 bits per heavy atom. The van der Waals surface area contributed by atoms with Crippen LogP contribution in [0.4, 0.5) is 21.5 Å². The number of hydrogen-bond acceptors (Lipinski definition) is 5. The number of fused-ring (bicyclic) bond motifs is 1. The van der Waals surface area contributed by atoms with E-state index in [2.05, 4.69) is 10.6 Å². The van der Waals surface area contributed by atoms with Gasteiger partial charge in [0.15, 0.2) is 0 Å². The number of halogens is 3. The number of nitrogens with two attached hydrogens (primary N) is 1. The van der Waals surface area contributed by atoms with Gasteiger partial charge in [-0.1, -0.05) is 47.5 Å². The highest BCUT2D eigenvalue weighted by molar-refractivity contribution is 6.39. The van der Waals surface area contributed by atoms with Gasteiger partial charge in [-0.3, -0.25) is 9.59 Å². The Balaban J connectivity index is 0.000000202. The van der Waals surface area contributed by atoms with Crippen LogP contribution in [0.3, 0.4) is 0 Å². The minimum atomic E-state index is -1.27. The van der Waals surface area contributed by atoms with Crippen LogP contribution < -0.4 is 21.0 Å². The van der Waals surface area contributed by atoms with Crippen molar-refractivity contribution in [2.75, 3.05) is 36.4 Å². The van der Waals surface area contributed by atoms with Crippen molar-refractivity contribution in [1.29, 1.82) is 0 Å². The Kier molecular flexibility index (Phi) is 9.19. The molecule has 6 rings (SSSR count). The number of piperazine rings is 1. The highest BCUT2D eigenvalue weighted by Gasteiger charge is 2.28. The number of carbonyl (C=O) groups is 2. The first-order valence-corrected chi connectivity index (χ1v) is 14.6. The van der Waals surface area contributed by atoms with E-state index in [1.165, 1.54) is 12.3 Å². The van der Waals surface area contributed by atoms with E-state index in [4.69, 9.17) is 28.3 Å². The first-order chi connectivity index (χ1) is 20.6. The van der Waals surface area contributed by atoms with Crippen molar-refractivity contribution in [3.63, 3.8) is 0 Å². The predicted octanol–water partition coefficient (Wildman–Crippen LogP) is 5.17. The number of rotatable bonds is 7. The largest absolute Gasteiger partial charge is 0.481 e. The van der Waals surface area contributed by atoms with E-state index in [1.807, 2.05) is 15.5 Å². The van der Waals surface area contributed by atoms with Gasteiger partial charge in [0.25, 0.3) is 0 Å². The molecule has 1 saturated heterocycles. The van der Waals surface area contributed by atoms with E-state index in [-0.39, 0.29) is 24.8 Å². The molecule has 12 heteroatoms. The van der Waals surface area contributed by atoms with E-state index in [9.17, 15) is 23.9 Å². The van der Waals surface area contributed by atoms with Crippen LogP contribution in [-0.2, 0) is 11.2 Å². The standard InChI is InChI=1S/C17H18FN3O3.C14H11Cl2NO2.H2/c18-13-7-11-14(8-15(13)20-5-3-19-4-6-20)21(10-1-2-10)9-12(16(11)22)17(23)24;15-10-5-3-6-11(16)14(10)17-12-7-2-1-4-9(12)8-13(18)19;/h7-10,19H,1-6H2,(H,23,24);1-7,17H,8H2,(H,18,19);1H/p+1. The van der Waals surface area contributed by atoms with Crippen LogP contribution in [0.2, 0.25) is 10.0 Å². The Bertz CT molecular complexity index is 1740. The van der Waals surface area contributed by atoms with Crippen LogP contribution in [-0.4, -0.2) is 52.9 Å². The number of hydrogen-bond donors (Lipinski definition) is 4. The molecule has 1 aliphatic heterocycles. The summed E-state index contributed by atoms with van der Waals surface area (Å²) in [5, 5.41) is 24.5. The molecule has 1 aliphatic carbocycles. The molecule has 0 atom stereocenters. The normalized spacial score (nSPS) is 14.6. The minimum absolute atomic E-state index is 0. The van der Waals surface area contributed by atoms with Crippen molar-refractivity contribution in [2.45, 2.75) is 25.3 Å². The summed E-state index contributed by atoms with van der Waals surface area (Å²) in [7, 11) is 0. The zero-order valence-electron chi connectivity index (χ0n) is 23.0. The highest BCUT2D eigenvalue weighted by atomic mass is 35.5. The lowest BCUT2D eigenvalue weighted by Crippen LogP contribution is -2.89. The topological polar surface area (TPSA) is 128 Å². The zero-order chi connectivity index (χ0) is 30.7. The summed E-state index contributed by atoms with van der Waals surface area (Å²) >= 11 is 12.1. The molecule has 2 aliphatic rings. The number of nitrogens with zero attached hydrogens (tertiary/aromatic N) is 2. The van der Waals surface area contributed by atoms with Gasteiger partial charge in [-0.25, -0.2) is 9.18 Å². The average molecular weight is 631 g/mol. The summed E-state index contributed by atoms with van der Waals surface area (Å²) in [6, 6.07) is 15.4. The molecule has 2 heterocycles. The first kappa shape index (κ1) is 30.3. The van der Waals surface area contributed by atoms with Crippen molar-refractivity contribution in [3.8, 4) is 0 Å². The number of benzene rings is 3. The molecular formula is C31H32Cl2FN4O5+. The number of aromatic carboxylic acids is 1. The van der Waals surface area contributed by atoms with Crippen LogP contribution in [0.5, 0.6) is 0 Å². The lowest BCUT2D eigenvalue weighted by molar-refractivity contribution is -0.655. The first-order valence-electron chi connectivity index (χ1n) is 13.8. The summed E-state index contributed by atoms with van der Waals surface area (Å²) in [6.07, 6.45) is 3.24. The summed E-state index contributed by atoms with van der Waals surface area (Å²) in [5.41, 5.74) is 2.13. The fraction of sp³-hybridized carbons (Fsp3) is 0.258. The number of quaternary nitrogens is 1. The Morgan fingerprint density at radius 2 is 1.70 bits per heavy atom. The van der Waals surface area contributed by atoms with Gasteiger partial charge < -0.3 is 30.3 Å². The quantitative estimate of drug-likeness (QED) is 0.222. The van der Waals surface area contributed by atoms with E-state index in [0.717, 1.165) is 39.0 Å². The molecule has 43 heavy (non-hydrogen) atoms. The molecule has 0 bridgehead atoms. The molecule has 1 saturated carbocycles. The summed E-state index contributed by atoms with van der Waals surface area (Å²) < 4.78 is 16.5. The van der Waals surface area contributed by atoms with Crippen LogP contribution in [0.1, 0.15) is 36.2 Å². The van der Waals surface area contributed by atoms with Crippen LogP contribution in [0.25, 0.3) is 10.9 Å². The number of nitrogens with one attached hydrogen (secondary N) is 1. The predicted molar refractivity (Wildman–Crippen MR) is 167 cm³/mol. The Morgan fingerprint density at radius 3 is 2.33 bits per heavy atom. The van der Waals surface area contributed by atoms with Gasteiger partial charge in [-0.2, -0.15) is 0 Å². The van der Waals surface area contributed by atoms with Crippen molar-refractivity contribution >= 4 is 63.1 Å². The van der Waals surface area contributed by atoms with E-state index < -0.39 is 23.2 Å². The maximum Gasteiger partial charge on any atom is 0.341 e. The number of aromatic nitrogens is 1. The van der Waals surface area contributed by atoms with E-state index in [1.54, 1.807) is 42.5 Å². The summed E-state index contributed by atoms with van der Waals surface area (Å²) in [6.45, 7) is 3.32. The van der Waals surface area contributed by atoms with Crippen molar-refractivity contribution in [3.05, 3.63) is 98.0 Å². The molecule has 1 aromatic heterocycles. The summed E-state index contributed by atoms with van der Waals surface area (Å²) in [5.74, 6) is -2.63. The second kappa shape index (κ2) is 13.0. The number of anilines is 3. The second-order valence-electron chi connectivity index (χ2n) is 10.4. The average Bonchev–Trinajstić information content (AvgIpc) is 3.82. The second-order valence-corrected chi connectivity index (χ2v) is 11.3. The molecule has 0 unspecified atom stereocenters. The molecule has 5 N–H and O–H groups in total. The zero-order valence-corrected chi connectivity index (χ0v) is 24.5. The van der Waals surface area contributed by atoms with Gasteiger partial charge in [0.2, 0.25) is 5.43 Å². The Labute approximate surface area is 257 Å². The van der Waals surface area contributed by atoms with Gasteiger partial charge >= 0.3 is 11.9 Å². The highest BCUT2D eigenvalue weighted by Crippen LogP contribution is 2.38. The van der Waals surface area contributed by atoms with Crippen molar-refractivity contribution in [2.24, 2.45) is 0 Å². The molecular weight excluding hydrogens is 598 g/mol. The van der Waals surface area contributed by atoms with Crippen molar-refractivity contribution < 1.29 is 30.9 Å². The smallest absolute Gasteiger partial charge is 0.341 e. The number of aliphatic carboxylic acids is 1. The molecule has 0 spiro atoms. The third-order valence-electron chi connectivity index (χ3n) is 7.40. The molecule has 226 valence electrons. The monoisotopic (exact) mass is 629 g/mol. The SMILES string of the molecule is O=C(O)Cc1ccccc1Nc1c(Cl)cccc1Cl.O=C(O)c1cn(C2CC2)c2cc(N3CC[NH2+]CC3)c(F)cc2c1=O.[HH]. The summed E-state index contributed by atoms with van der Waals surface area (Å²) in [4.78, 5) is 36.6. The molecule has 3 aromatic carbocycles. The van der Waals surface area contributed by atoms with Crippen molar-refractivity contribution in [1.82, 2.24) is 4.57 Å². The Hall–Kier alpha value is -4.12. The number of carboxylic acid groups (broad SMARTS) is 2. The van der Waals surface area contributed by atoms with Crippen LogP contribution in [0, 0.1) is 5.82 Å². The molecule has 2 fully saturated rings. The number of para-hydroxylation sites is 2. The number of carboxylic acids is 2. The lowest BCUT2D eigenvalue weighted by atomic mass is 10.1. The maximum absolute atomic E-state index is 14.6. The molecule has 4 aromatic rings. The van der Waals surface area contributed by atoms with Gasteiger partial charge in [-0.05, 0) is 48.7 Å². The molecule has 0 amide bonds. The van der Waals surface area contributed by atoms with Crippen LogP contribution in [0.15, 0.2) is 65.6 Å². The fourth-order valence-corrected chi connectivity index (χ4v) is 5.60. The lowest BCUT2D eigenvalue weighted by Gasteiger charge is -2.28. The van der Waals surface area contributed by atoms with E-state index >= 15 is 0 Å².